The molecule has 28 heavy (non-hydrogen) atoms. The fraction of sp³-hybridized carbons (Fsp3) is 0.278. The van der Waals surface area contributed by atoms with Gasteiger partial charge >= 0.3 is 5.97 Å². The first-order chi connectivity index (χ1) is 13.3. The Bertz CT molecular complexity index is 946. The minimum atomic E-state index is -3.77. The van der Waals surface area contributed by atoms with Crippen LogP contribution < -0.4 is 10.0 Å². The summed E-state index contributed by atoms with van der Waals surface area (Å²) in [4.78, 5) is 24.1. The number of furan rings is 1. The lowest BCUT2D eigenvalue weighted by atomic mass is 10.2. The number of nitrogens with one attached hydrogen (secondary N) is 2. The van der Waals surface area contributed by atoms with Gasteiger partial charge in [0, 0.05) is 13.0 Å². The highest BCUT2D eigenvalue weighted by molar-refractivity contribution is 7.89. The van der Waals surface area contributed by atoms with Crippen LogP contribution in [0.3, 0.4) is 0 Å². The Morgan fingerprint density at radius 2 is 1.96 bits per heavy atom. The topological polar surface area (TPSA) is 138 Å². The summed E-state index contributed by atoms with van der Waals surface area (Å²) in [6, 6.07) is 10.3. The first-order valence-corrected chi connectivity index (χ1v) is 9.79. The maximum atomic E-state index is 12.1. The zero-order valence-electron chi connectivity index (χ0n) is 15.0. The molecule has 0 bridgehead atoms. The van der Waals surface area contributed by atoms with Crippen molar-refractivity contribution in [3.63, 3.8) is 0 Å². The van der Waals surface area contributed by atoms with Crippen molar-refractivity contribution >= 4 is 21.9 Å². The second-order valence-corrected chi connectivity index (χ2v) is 7.44. The van der Waals surface area contributed by atoms with Crippen LogP contribution in [0.5, 0.6) is 0 Å². The molecule has 1 amide bonds. The molecule has 0 aliphatic heterocycles. The highest BCUT2D eigenvalue weighted by Crippen LogP contribution is 2.12. The van der Waals surface area contributed by atoms with Crippen LogP contribution in [-0.2, 0) is 26.1 Å². The van der Waals surface area contributed by atoms with Gasteiger partial charge in [0.05, 0.1) is 29.3 Å². The number of carbonyl (C=O) groups is 2. The average Bonchev–Trinajstić information content (AvgIpc) is 3.19. The van der Waals surface area contributed by atoms with Gasteiger partial charge in [0.1, 0.15) is 5.76 Å². The van der Waals surface area contributed by atoms with E-state index in [1.807, 2.05) is 6.07 Å². The normalized spacial score (nSPS) is 12.0. The van der Waals surface area contributed by atoms with Gasteiger partial charge in [-0.2, -0.15) is 5.26 Å². The van der Waals surface area contributed by atoms with E-state index < -0.39 is 28.0 Å². The van der Waals surface area contributed by atoms with Crippen molar-refractivity contribution in [1.82, 2.24) is 10.0 Å². The first kappa shape index (κ1) is 21.1. The van der Waals surface area contributed by atoms with E-state index in [0.717, 1.165) is 0 Å². The zero-order chi connectivity index (χ0) is 20.6. The van der Waals surface area contributed by atoms with Gasteiger partial charge in [-0.1, -0.05) is 0 Å². The molecule has 0 aliphatic rings. The molecule has 0 fully saturated rings. The quantitative estimate of drug-likeness (QED) is 0.474. The molecule has 10 heteroatoms. The van der Waals surface area contributed by atoms with Crippen molar-refractivity contribution in [2.75, 3.05) is 6.54 Å². The Hall–Kier alpha value is -3.16. The molecule has 0 radical (unpaired) electrons. The minimum Gasteiger partial charge on any atom is -0.467 e. The predicted octanol–water partition coefficient (Wildman–Crippen LogP) is 1.33. The van der Waals surface area contributed by atoms with Crippen molar-refractivity contribution in [2.45, 2.75) is 30.9 Å². The molecule has 148 valence electrons. The molecule has 1 aromatic heterocycles. The number of nitriles is 1. The summed E-state index contributed by atoms with van der Waals surface area (Å²) in [7, 11) is -3.77. The molecule has 2 aromatic rings. The van der Waals surface area contributed by atoms with Crippen molar-refractivity contribution in [3.8, 4) is 6.07 Å². The van der Waals surface area contributed by atoms with Crippen molar-refractivity contribution in [3.05, 3.63) is 54.0 Å². The van der Waals surface area contributed by atoms with E-state index in [4.69, 9.17) is 14.4 Å². The van der Waals surface area contributed by atoms with Gasteiger partial charge in [-0.3, -0.25) is 4.79 Å². The van der Waals surface area contributed by atoms with Crippen LogP contribution in [-0.4, -0.2) is 32.9 Å². The number of amides is 1. The Kier molecular flexibility index (Phi) is 7.31. The second kappa shape index (κ2) is 9.68. The maximum absolute atomic E-state index is 12.1. The molecule has 2 rings (SSSR count). The van der Waals surface area contributed by atoms with Gasteiger partial charge in [0.2, 0.25) is 10.0 Å². The third kappa shape index (κ3) is 5.94. The molecule has 0 saturated carbocycles. The van der Waals surface area contributed by atoms with Crippen LogP contribution in [0.4, 0.5) is 0 Å². The monoisotopic (exact) mass is 405 g/mol. The molecule has 1 atom stereocenters. The van der Waals surface area contributed by atoms with Crippen LogP contribution in [0.1, 0.15) is 29.5 Å². The summed E-state index contributed by atoms with van der Waals surface area (Å²) >= 11 is 0. The highest BCUT2D eigenvalue weighted by Gasteiger charge is 2.20. The predicted molar refractivity (Wildman–Crippen MR) is 97.3 cm³/mol. The molecular formula is C18H19N3O6S. The minimum absolute atomic E-state index is 0.00669. The summed E-state index contributed by atoms with van der Waals surface area (Å²) in [5.74, 6) is -0.695. The highest BCUT2D eigenvalue weighted by atomic mass is 32.2. The smallest absolute Gasteiger partial charge is 0.338 e. The number of ether oxygens (including phenoxy) is 1. The van der Waals surface area contributed by atoms with E-state index in [9.17, 15) is 18.0 Å². The number of nitrogens with zero attached hydrogens (tertiary/aromatic N) is 1. The molecule has 1 aromatic carbocycles. The lowest BCUT2D eigenvalue weighted by molar-refractivity contribution is -0.129. The summed E-state index contributed by atoms with van der Waals surface area (Å²) in [6.45, 7) is 1.58. The molecule has 2 N–H and O–H groups in total. The summed E-state index contributed by atoms with van der Waals surface area (Å²) in [5, 5.41) is 11.0. The average molecular weight is 405 g/mol. The van der Waals surface area contributed by atoms with E-state index in [1.165, 1.54) is 37.5 Å². The van der Waals surface area contributed by atoms with E-state index in [0.29, 0.717) is 5.76 Å². The number of hydrogen-bond donors (Lipinski definition) is 2. The van der Waals surface area contributed by atoms with Crippen LogP contribution in [0.2, 0.25) is 0 Å². The van der Waals surface area contributed by atoms with Gasteiger partial charge < -0.3 is 14.5 Å². The molecule has 0 saturated heterocycles. The lowest BCUT2D eigenvalue weighted by Crippen LogP contribution is -2.35. The lowest BCUT2D eigenvalue weighted by Gasteiger charge is -2.13. The van der Waals surface area contributed by atoms with E-state index >= 15 is 0 Å². The van der Waals surface area contributed by atoms with Crippen LogP contribution in [0.15, 0.2) is 52.0 Å². The van der Waals surface area contributed by atoms with Gasteiger partial charge in [0.25, 0.3) is 5.91 Å². The Morgan fingerprint density at radius 3 is 2.57 bits per heavy atom. The molecule has 9 nitrogen and oxygen atoms in total. The number of carbonyl (C=O) groups excluding carboxylic acids is 2. The molecule has 0 unspecified atom stereocenters. The first-order valence-electron chi connectivity index (χ1n) is 8.31. The van der Waals surface area contributed by atoms with Crippen molar-refractivity contribution in [1.29, 1.82) is 5.26 Å². The second-order valence-electron chi connectivity index (χ2n) is 5.67. The van der Waals surface area contributed by atoms with Crippen LogP contribution in [0.25, 0.3) is 0 Å². The number of sulfonamides is 1. The molecule has 0 aliphatic carbocycles. The van der Waals surface area contributed by atoms with E-state index in [2.05, 4.69) is 10.0 Å². The molecule has 1 heterocycles. The van der Waals surface area contributed by atoms with Gasteiger partial charge in [-0.05, 0) is 43.3 Å². The van der Waals surface area contributed by atoms with Gasteiger partial charge in [-0.15, -0.1) is 0 Å². The van der Waals surface area contributed by atoms with Crippen molar-refractivity contribution < 1.29 is 27.2 Å². The van der Waals surface area contributed by atoms with Gasteiger partial charge in [0.15, 0.2) is 6.10 Å². The molecular weight excluding hydrogens is 386 g/mol. The Labute approximate surface area is 162 Å². The summed E-state index contributed by atoms with van der Waals surface area (Å²) in [6.07, 6.45) is 0.482. The van der Waals surface area contributed by atoms with Gasteiger partial charge in [-0.25, -0.2) is 17.9 Å². The molecule has 0 spiro atoms. The summed E-state index contributed by atoms with van der Waals surface area (Å²) < 4.78 is 36.5. The standard InChI is InChI=1S/C18H19N3O6S/c1-13(17(22)20-12-15-4-2-11-26-15)27-18(23)14-5-7-16(8-6-14)28(24,25)21-10-3-9-19/h2,4-8,11,13,21H,3,10,12H2,1H3,(H,20,22)/t13-/m0/s1. The van der Waals surface area contributed by atoms with E-state index in [-0.39, 0.29) is 30.0 Å². The summed E-state index contributed by atoms with van der Waals surface area (Å²) in [5.41, 5.74) is 0.0988. The number of esters is 1. The van der Waals surface area contributed by atoms with E-state index in [1.54, 1.807) is 12.1 Å². The SMILES string of the molecule is C[C@H](OC(=O)c1ccc(S(=O)(=O)NCCC#N)cc1)C(=O)NCc1ccco1. The third-order valence-corrected chi connectivity index (χ3v) is 5.08. The van der Waals surface area contributed by atoms with Crippen LogP contribution >= 0.6 is 0 Å². The maximum Gasteiger partial charge on any atom is 0.338 e. The number of benzene rings is 1. The van der Waals surface area contributed by atoms with Crippen molar-refractivity contribution in [2.24, 2.45) is 0 Å². The fourth-order valence-corrected chi connectivity index (χ4v) is 3.14. The van der Waals surface area contributed by atoms with Crippen LogP contribution in [0, 0.1) is 11.3 Å². The third-order valence-electron chi connectivity index (χ3n) is 3.60. The number of rotatable bonds is 9. The zero-order valence-corrected chi connectivity index (χ0v) is 15.9. The largest absolute Gasteiger partial charge is 0.467 e. The Balaban J connectivity index is 1.91. The Morgan fingerprint density at radius 1 is 1.25 bits per heavy atom. The fourth-order valence-electron chi connectivity index (χ4n) is 2.11. The number of hydrogen-bond acceptors (Lipinski definition) is 7.